The number of benzene rings is 2. The van der Waals surface area contributed by atoms with E-state index < -0.39 is 7.14 Å². The van der Waals surface area contributed by atoms with Crippen molar-refractivity contribution in [2.24, 2.45) is 0 Å². The van der Waals surface area contributed by atoms with Gasteiger partial charge >= 0.3 is 0 Å². The molecule has 3 rings (SSSR count). The lowest BCUT2D eigenvalue weighted by Gasteiger charge is -2.11. The fourth-order valence-corrected chi connectivity index (χ4v) is 4.02. The normalized spacial score (nSPS) is 11.3. The van der Waals surface area contributed by atoms with E-state index in [0.717, 1.165) is 15.7 Å². The van der Waals surface area contributed by atoms with Crippen molar-refractivity contribution in [3.63, 3.8) is 0 Å². The lowest BCUT2D eigenvalue weighted by molar-refractivity contribution is 0.102. The van der Waals surface area contributed by atoms with Crippen LogP contribution in [0.25, 0.3) is 10.4 Å². The number of thiophene rings is 1. The number of carbonyl (C=O) groups excluding carboxylic acids is 1. The molecule has 0 unspecified atom stereocenters. The second kappa shape index (κ2) is 6.87. The first kappa shape index (κ1) is 17.5. The van der Waals surface area contributed by atoms with Crippen LogP contribution in [-0.4, -0.2) is 19.2 Å². The van der Waals surface area contributed by atoms with Gasteiger partial charge in [-0.05, 0) is 54.6 Å². The number of anilines is 2. The standard InChI is InChI=1S/C19H19N2O2PS/c1-24(2,23)15-8-5-13(6-9-15)19(22)21-17-12-14(7-10-16(17)20)18-4-3-11-25-18/h3-12H,20H2,1-2H3,(H,21,22). The fraction of sp³-hybridized carbons (Fsp3) is 0.105. The van der Waals surface area contributed by atoms with Crippen molar-refractivity contribution in [1.82, 2.24) is 0 Å². The molecule has 0 saturated heterocycles. The van der Waals surface area contributed by atoms with Crippen molar-refractivity contribution < 1.29 is 9.36 Å². The summed E-state index contributed by atoms with van der Waals surface area (Å²) in [4.78, 5) is 13.6. The van der Waals surface area contributed by atoms with Gasteiger partial charge in [0.2, 0.25) is 0 Å². The van der Waals surface area contributed by atoms with Crippen molar-refractivity contribution in [3.05, 3.63) is 65.5 Å². The highest BCUT2D eigenvalue weighted by Crippen LogP contribution is 2.34. The number of nitrogens with one attached hydrogen (secondary N) is 1. The van der Waals surface area contributed by atoms with Crippen LogP contribution < -0.4 is 16.4 Å². The minimum Gasteiger partial charge on any atom is -0.397 e. The number of nitrogens with two attached hydrogens (primary N) is 1. The molecule has 25 heavy (non-hydrogen) atoms. The third-order valence-corrected chi connectivity index (χ3v) is 6.32. The molecule has 0 aliphatic heterocycles. The van der Waals surface area contributed by atoms with Gasteiger partial charge in [-0.2, -0.15) is 0 Å². The minimum atomic E-state index is -2.33. The van der Waals surface area contributed by atoms with Crippen LogP contribution in [0, 0.1) is 0 Å². The molecule has 6 heteroatoms. The van der Waals surface area contributed by atoms with Crippen molar-refractivity contribution in [2.75, 3.05) is 24.4 Å². The predicted molar refractivity (Wildman–Crippen MR) is 108 cm³/mol. The number of rotatable bonds is 4. The summed E-state index contributed by atoms with van der Waals surface area (Å²) in [5.41, 5.74) is 8.60. The lowest BCUT2D eigenvalue weighted by atomic mass is 10.1. The topological polar surface area (TPSA) is 72.2 Å². The molecule has 0 radical (unpaired) electrons. The van der Waals surface area contributed by atoms with Crippen LogP contribution in [-0.2, 0) is 4.57 Å². The highest BCUT2D eigenvalue weighted by Gasteiger charge is 2.13. The Morgan fingerprint density at radius 2 is 1.80 bits per heavy atom. The Bertz CT molecular complexity index is 944. The van der Waals surface area contributed by atoms with Crippen LogP contribution in [0.3, 0.4) is 0 Å². The van der Waals surface area contributed by atoms with E-state index in [-0.39, 0.29) is 5.91 Å². The Hall–Kier alpha value is -2.36. The molecule has 3 N–H and O–H groups in total. The third-order valence-electron chi connectivity index (χ3n) is 3.86. The smallest absolute Gasteiger partial charge is 0.255 e. The summed E-state index contributed by atoms with van der Waals surface area (Å²) in [5.74, 6) is -0.247. The minimum absolute atomic E-state index is 0.247. The summed E-state index contributed by atoms with van der Waals surface area (Å²) in [6.45, 7) is 3.41. The molecule has 0 spiro atoms. The monoisotopic (exact) mass is 370 g/mol. The zero-order valence-electron chi connectivity index (χ0n) is 14.0. The molecule has 0 aliphatic rings. The van der Waals surface area contributed by atoms with Gasteiger partial charge in [-0.25, -0.2) is 0 Å². The number of hydrogen-bond acceptors (Lipinski definition) is 4. The van der Waals surface area contributed by atoms with Crippen LogP contribution in [0.2, 0.25) is 0 Å². The van der Waals surface area contributed by atoms with Gasteiger partial charge in [-0.3, -0.25) is 4.79 Å². The molecule has 1 aromatic heterocycles. The van der Waals surface area contributed by atoms with E-state index in [0.29, 0.717) is 16.9 Å². The van der Waals surface area contributed by atoms with Gasteiger partial charge < -0.3 is 15.6 Å². The Kier molecular flexibility index (Phi) is 4.80. The predicted octanol–water partition coefficient (Wildman–Crippen LogP) is 4.50. The maximum absolute atomic E-state index is 12.5. The molecule has 128 valence electrons. The first-order valence-corrected chi connectivity index (χ1v) is 11.2. The summed E-state index contributed by atoms with van der Waals surface area (Å²) in [6, 6.07) is 16.4. The van der Waals surface area contributed by atoms with Crippen LogP contribution in [0.5, 0.6) is 0 Å². The third kappa shape index (κ3) is 4.01. The lowest BCUT2D eigenvalue weighted by Crippen LogP contribution is -2.14. The SMILES string of the molecule is CP(C)(=O)c1ccc(C(=O)Nc2cc(-c3cccs3)ccc2N)cc1. The van der Waals surface area contributed by atoms with Gasteiger partial charge in [-0.15, -0.1) is 11.3 Å². The molecule has 0 fully saturated rings. The van der Waals surface area contributed by atoms with Gasteiger partial charge in [0.05, 0.1) is 11.4 Å². The largest absolute Gasteiger partial charge is 0.397 e. The first-order valence-electron chi connectivity index (χ1n) is 7.75. The molecule has 0 aliphatic carbocycles. The van der Waals surface area contributed by atoms with Crippen molar-refractivity contribution in [1.29, 1.82) is 0 Å². The molecule has 2 aromatic carbocycles. The van der Waals surface area contributed by atoms with Crippen LogP contribution >= 0.6 is 18.5 Å². The van der Waals surface area contributed by atoms with Gasteiger partial charge in [0.15, 0.2) is 0 Å². The Balaban J connectivity index is 1.83. The quantitative estimate of drug-likeness (QED) is 0.525. The average molecular weight is 370 g/mol. The second-order valence-electron chi connectivity index (χ2n) is 6.13. The molecule has 1 heterocycles. The number of hydrogen-bond donors (Lipinski definition) is 2. The second-order valence-corrected chi connectivity index (χ2v) is 10.3. The van der Waals surface area contributed by atoms with Gasteiger partial charge in [-0.1, -0.05) is 24.3 Å². The fourth-order valence-electron chi connectivity index (χ4n) is 2.43. The molecule has 3 aromatic rings. The van der Waals surface area contributed by atoms with Crippen LogP contribution in [0.1, 0.15) is 10.4 Å². The molecule has 0 bridgehead atoms. The highest BCUT2D eigenvalue weighted by atomic mass is 32.1. The van der Waals surface area contributed by atoms with E-state index in [9.17, 15) is 9.36 Å². The Morgan fingerprint density at radius 3 is 2.40 bits per heavy atom. The average Bonchev–Trinajstić information content (AvgIpc) is 3.10. The van der Waals surface area contributed by atoms with Crippen LogP contribution in [0.4, 0.5) is 11.4 Å². The molecule has 1 amide bonds. The highest BCUT2D eigenvalue weighted by molar-refractivity contribution is 7.70. The van der Waals surface area contributed by atoms with Crippen molar-refractivity contribution >= 4 is 41.1 Å². The Morgan fingerprint density at radius 1 is 1.08 bits per heavy atom. The number of nitrogen functional groups attached to an aromatic ring is 1. The van der Waals surface area contributed by atoms with E-state index in [4.69, 9.17) is 5.73 Å². The molecule has 0 saturated carbocycles. The van der Waals surface area contributed by atoms with E-state index in [2.05, 4.69) is 5.32 Å². The van der Waals surface area contributed by atoms with Gasteiger partial charge in [0.25, 0.3) is 5.91 Å². The maximum atomic E-state index is 12.5. The summed E-state index contributed by atoms with van der Waals surface area (Å²) in [6.07, 6.45) is 0. The molecular weight excluding hydrogens is 351 g/mol. The van der Waals surface area contributed by atoms with E-state index in [1.54, 1.807) is 55.0 Å². The van der Waals surface area contributed by atoms with E-state index >= 15 is 0 Å². The zero-order valence-corrected chi connectivity index (χ0v) is 15.7. The van der Waals surface area contributed by atoms with Gasteiger partial charge in [0, 0.05) is 15.7 Å². The summed E-state index contributed by atoms with van der Waals surface area (Å²) in [5, 5.41) is 5.62. The molecule has 4 nitrogen and oxygen atoms in total. The van der Waals surface area contributed by atoms with Crippen LogP contribution in [0.15, 0.2) is 60.0 Å². The first-order chi connectivity index (χ1) is 11.8. The van der Waals surface area contributed by atoms with Gasteiger partial charge in [0.1, 0.15) is 7.14 Å². The molecular formula is C19H19N2O2PS. The van der Waals surface area contributed by atoms with Crippen molar-refractivity contribution in [2.45, 2.75) is 0 Å². The van der Waals surface area contributed by atoms with E-state index in [1.807, 2.05) is 29.6 Å². The number of carbonyl (C=O) groups is 1. The summed E-state index contributed by atoms with van der Waals surface area (Å²) in [7, 11) is -2.33. The Labute approximate surface area is 151 Å². The zero-order chi connectivity index (χ0) is 18.0. The summed E-state index contributed by atoms with van der Waals surface area (Å²) >= 11 is 1.63. The summed E-state index contributed by atoms with van der Waals surface area (Å²) < 4.78 is 12.1. The molecule has 0 atom stereocenters. The number of amides is 1. The van der Waals surface area contributed by atoms with E-state index in [1.165, 1.54) is 0 Å². The maximum Gasteiger partial charge on any atom is 0.255 e. The van der Waals surface area contributed by atoms with Crippen molar-refractivity contribution in [3.8, 4) is 10.4 Å².